The predicted molar refractivity (Wildman–Crippen MR) is 51.4 cm³/mol. The van der Waals surface area contributed by atoms with Gasteiger partial charge in [-0.3, -0.25) is 4.79 Å². The largest absolute Gasteiger partial charge is 0.481 e. The summed E-state index contributed by atoms with van der Waals surface area (Å²) >= 11 is 0. The normalized spacial score (nSPS) is 33.8. The number of carboxylic acids is 1. The van der Waals surface area contributed by atoms with Crippen molar-refractivity contribution in [3.63, 3.8) is 0 Å². The molecule has 0 aromatic rings. The molecule has 1 aliphatic rings. The molecule has 0 bridgehead atoms. The summed E-state index contributed by atoms with van der Waals surface area (Å²) in [6.45, 7) is 4.25. The first-order valence-corrected chi connectivity index (χ1v) is 4.91. The van der Waals surface area contributed by atoms with Crippen LogP contribution in [-0.2, 0) is 4.79 Å². The molecule has 0 aromatic heterocycles. The fraction of sp³-hybridized carbons (Fsp3) is 0.900. The fourth-order valence-corrected chi connectivity index (χ4v) is 2.14. The van der Waals surface area contributed by atoms with Gasteiger partial charge < -0.3 is 10.8 Å². The van der Waals surface area contributed by atoms with E-state index in [0.29, 0.717) is 6.42 Å². The topological polar surface area (TPSA) is 63.3 Å². The highest BCUT2D eigenvalue weighted by Gasteiger charge is 2.34. The lowest BCUT2D eigenvalue weighted by atomic mass is 9.80. The van der Waals surface area contributed by atoms with Crippen LogP contribution in [0.25, 0.3) is 0 Å². The molecule has 0 amide bonds. The van der Waals surface area contributed by atoms with E-state index in [0.717, 1.165) is 19.3 Å². The number of aliphatic carboxylic acids is 1. The lowest BCUT2D eigenvalue weighted by Gasteiger charge is -2.25. The van der Waals surface area contributed by atoms with E-state index >= 15 is 0 Å². The van der Waals surface area contributed by atoms with Crippen molar-refractivity contribution in [2.24, 2.45) is 17.1 Å². The van der Waals surface area contributed by atoms with Gasteiger partial charge in [0.2, 0.25) is 0 Å². The van der Waals surface area contributed by atoms with E-state index in [1.54, 1.807) is 0 Å². The molecule has 0 radical (unpaired) electrons. The molecule has 0 heterocycles. The molecule has 2 unspecified atom stereocenters. The Hall–Kier alpha value is -0.570. The zero-order valence-electron chi connectivity index (χ0n) is 8.42. The molecule has 2 atom stereocenters. The molecule has 0 spiro atoms. The van der Waals surface area contributed by atoms with Gasteiger partial charge in [-0.05, 0) is 24.7 Å². The van der Waals surface area contributed by atoms with Gasteiger partial charge >= 0.3 is 5.97 Å². The van der Waals surface area contributed by atoms with E-state index < -0.39 is 5.97 Å². The molecular weight excluding hydrogens is 166 g/mol. The van der Waals surface area contributed by atoms with Crippen molar-refractivity contribution in [3.8, 4) is 0 Å². The molecule has 0 saturated heterocycles. The first kappa shape index (κ1) is 10.5. The van der Waals surface area contributed by atoms with Crippen molar-refractivity contribution in [3.05, 3.63) is 0 Å². The van der Waals surface area contributed by atoms with Gasteiger partial charge in [-0.1, -0.05) is 20.3 Å². The van der Waals surface area contributed by atoms with Crippen molar-refractivity contribution >= 4 is 5.97 Å². The smallest absolute Gasteiger partial charge is 0.308 e. The van der Waals surface area contributed by atoms with E-state index in [-0.39, 0.29) is 17.4 Å². The summed E-state index contributed by atoms with van der Waals surface area (Å²) in [5.41, 5.74) is 5.96. The van der Waals surface area contributed by atoms with Crippen LogP contribution in [0, 0.1) is 11.3 Å². The zero-order valence-corrected chi connectivity index (χ0v) is 8.42. The minimum Gasteiger partial charge on any atom is -0.481 e. The summed E-state index contributed by atoms with van der Waals surface area (Å²) in [6.07, 6.45) is 3.70. The van der Waals surface area contributed by atoms with Crippen LogP contribution in [0.3, 0.4) is 0 Å². The first-order valence-electron chi connectivity index (χ1n) is 4.91. The number of hydrogen-bond donors (Lipinski definition) is 2. The Morgan fingerprint density at radius 1 is 1.54 bits per heavy atom. The maximum atomic E-state index is 10.9. The highest BCUT2D eigenvalue weighted by Crippen LogP contribution is 2.36. The third kappa shape index (κ3) is 2.69. The zero-order chi connectivity index (χ0) is 10.1. The Kier molecular flexibility index (Phi) is 2.96. The second kappa shape index (κ2) is 3.66. The summed E-state index contributed by atoms with van der Waals surface area (Å²) < 4.78 is 0. The third-order valence-corrected chi connectivity index (χ3v) is 3.00. The maximum Gasteiger partial charge on any atom is 0.308 e. The van der Waals surface area contributed by atoms with Crippen LogP contribution in [0.1, 0.15) is 39.5 Å². The number of hydrogen-bond acceptors (Lipinski definition) is 2. The molecule has 1 saturated carbocycles. The van der Waals surface area contributed by atoms with Crippen molar-refractivity contribution in [1.29, 1.82) is 0 Å². The van der Waals surface area contributed by atoms with Crippen LogP contribution in [0.15, 0.2) is 0 Å². The van der Waals surface area contributed by atoms with Gasteiger partial charge in [0.25, 0.3) is 0 Å². The lowest BCUT2D eigenvalue weighted by molar-refractivity contribution is -0.143. The Bertz CT molecular complexity index is 201. The van der Waals surface area contributed by atoms with Gasteiger partial charge in [0.1, 0.15) is 0 Å². The van der Waals surface area contributed by atoms with Crippen molar-refractivity contribution < 1.29 is 9.90 Å². The Labute approximate surface area is 79.3 Å². The van der Waals surface area contributed by atoms with Crippen LogP contribution in [0.5, 0.6) is 0 Å². The summed E-state index contributed by atoms with van der Waals surface area (Å²) in [6, 6.07) is -0.153. The fourth-order valence-electron chi connectivity index (χ4n) is 2.14. The standard InChI is InChI=1S/C10H19NO2/c1-10(2)5-3-4-8(11)7(6-10)9(12)13/h7-8H,3-6,11H2,1-2H3,(H,12,13). The Morgan fingerprint density at radius 3 is 2.69 bits per heavy atom. The molecule has 1 fully saturated rings. The third-order valence-electron chi connectivity index (χ3n) is 3.00. The Morgan fingerprint density at radius 2 is 2.15 bits per heavy atom. The highest BCUT2D eigenvalue weighted by atomic mass is 16.4. The summed E-state index contributed by atoms with van der Waals surface area (Å²) in [5.74, 6) is -1.08. The molecule has 1 aliphatic carbocycles. The maximum absolute atomic E-state index is 10.9. The van der Waals surface area contributed by atoms with Gasteiger partial charge in [-0.2, -0.15) is 0 Å². The van der Waals surface area contributed by atoms with Crippen molar-refractivity contribution in [1.82, 2.24) is 0 Å². The second-order valence-electron chi connectivity index (χ2n) is 4.87. The van der Waals surface area contributed by atoms with Crippen LogP contribution < -0.4 is 5.73 Å². The molecule has 3 nitrogen and oxygen atoms in total. The molecule has 0 aromatic carbocycles. The molecule has 1 rings (SSSR count). The molecule has 3 heteroatoms. The van der Waals surface area contributed by atoms with Gasteiger partial charge in [0.15, 0.2) is 0 Å². The van der Waals surface area contributed by atoms with Gasteiger partial charge in [0.05, 0.1) is 5.92 Å². The highest BCUT2D eigenvalue weighted by molar-refractivity contribution is 5.71. The van der Waals surface area contributed by atoms with Crippen molar-refractivity contribution in [2.45, 2.75) is 45.6 Å². The van der Waals surface area contributed by atoms with E-state index in [9.17, 15) is 4.79 Å². The molecule has 3 N–H and O–H groups in total. The summed E-state index contributed by atoms with van der Waals surface area (Å²) in [7, 11) is 0. The molecule has 0 aliphatic heterocycles. The number of rotatable bonds is 1. The van der Waals surface area contributed by atoms with Gasteiger partial charge in [-0.15, -0.1) is 0 Å². The Balaban J connectivity index is 2.73. The average molecular weight is 185 g/mol. The van der Waals surface area contributed by atoms with Gasteiger partial charge in [0, 0.05) is 6.04 Å². The van der Waals surface area contributed by atoms with E-state index in [1.807, 2.05) is 0 Å². The monoisotopic (exact) mass is 185 g/mol. The van der Waals surface area contributed by atoms with E-state index in [1.165, 1.54) is 0 Å². The van der Waals surface area contributed by atoms with E-state index in [4.69, 9.17) is 10.8 Å². The first-order chi connectivity index (χ1) is 5.92. The van der Waals surface area contributed by atoms with Crippen LogP contribution >= 0.6 is 0 Å². The second-order valence-corrected chi connectivity index (χ2v) is 4.87. The predicted octanol–water partition coefficient (Wildman–Crippen LogP) is 1.61. The van der Waals surface area contributed by atoms with Crippen LogP contribution in [0.4, 0.5) is 0 Å². The average Bonchev–Trinajstić information content (AvgIpc) is 2.10. The summed E-state index contributed by atoms with van der Waals surface area (Å²) in [5, 5.41) is 8.99. The number of carbonyl (C=O) groups is 1. The minimum absolute atomic E-state index is 0.136. The lowest BCUT2D eigenvalue weighted by Crippen LogP contribution is -2.36. The molecule has 76 valence electrons. The van der Waals surface area contributed by atoms with Gasteiger partial charge in [-0.25, -0.2) is 0 Å². The van der Waals surface area contributed by atoms with Crippen LogP contribution in [0.2, 0.25) is 0 Å². The number of carboxylic acid groups (broad SMARTS) is 1. The minimum atomic E-state index is -0.734. The summed E-state index contributed by atoms with van der Waals surface area (Å²) in [4.78, 5) is 10.9. The van der Waals surface area contributed by atoms with Crippen LogP contribution in [-0.4, -0.2) is 17.1 Å². The SMILES string of the molecule is CC1(C)CCCC(N)C(C(=O)O)C1. The molecular formula is C10H19NO2. The molecule has 13 heavy (non-hydrogen) atoms. The van der Waals surface area contributed by atoms with Crippen molar-refractivity contribution in [2.75, 3.05) is 0 Å². The number of nitrogens with two attached hydrogens (primary N) is 1. The van der Waals surface area contributed by atoms with E-state index in [2.05, 4.69) is 13.8 Å². The quantitative estimate of drug-likeness (QED) is 0.610.